The van der Waals surface area contributed by atoms with E-state index in [2.05, 4.69) is 21.2 Å². The van der Waals surface area contributed by atoms with Crippen LogP contribution in [-0.4, -0.2) is 29.8 Å². The number of benzene rings is 2. The van der Waals surface area contributed by atoms with E-state index in [1.165, 1.54) is 12.1 Å². The number of nitrogens with zero attached hydrogens (tertiary/aromatic N) is 1. The summed E-state index contributed by atoms with van der Waals surface area (Å²) in [5, 5.41) is 2.75. The van der Waals surface area contributed by atoms with Gasteiger partial charge in [0.2, 0.25) is 0 Å². The molecule has 2 aromatic rings. The number of hydrogen-bond donors (Lipinski definition) is 1. The van der Waals surface area contributed by atoms with E-state index in [9.17, 15) is 14.0 Å². The summed E-state index contributed by atoms with van der Waals surface area (Å²) in [5.74, 6) is -0.971. The molecule has 1 saturated heterocycles. The zero-order chi connectivity index (χ0) is 19.2. The van der Waals surface area contributed by atoms with Crippen molar-refractivity contribution in [1.29, 1.82) is 0 Å². The standard InChI is InChI=1S/C21H20BrFN2O2/c22-18(15-9-11-17(23)12-10-15)19(21(27)25-13-5-2-6-14-25)24-20(26)16-7-3-1-4-8-16/h1,3-4,7-12H,2,5-6,13-14H2,(H,24,26)/b19-18-. The van der Waals surface area contributed by atoms with Crippen LogP contribution in [0.5, 0.6) is 0 Å². The maximum Gasteiger partial charge on any atom is 0.271 e. The van der Waals surface area contributed by atoms with Crippen molar-refractivity contribution in [3.63, 3.8) is 0 Å². The van der Waals surface area contributed by atoms with Crippen LogP contribution in [0, 0.1) is 5.82 Å². The Balaban J connectivity index is 1.94. The fourth-order valence-electron chi connectivity index (χ4n) is 2.97. The summed E-state index contributed by atoms with van der Waals surface area (Å²) < 4.78 is 13.7. The minimum atomic E-state index is -0.366. The topological polar surface area (TPSA) is 49.4 Å². The first-order valence-electron chi connectivity index (χ1n) is 8.87. The maximum atomic E-state index is 13.3. The number of carbonyl (C=O) groups excluding carboxylic acids is 2. The molecule has 2 aromatic carbocycles. The second kappa shape index (κ2) is 8.95. The first-order chi connectivity index (χ1) is 13.1. The van der Waals surface area contributed by atoms with Gasteiger partial charge >= 0.3 is 0 Å². The van der Waals surface area contributed by atoms with Crippen LogP contribution in [-0.2, 0) is 4.79 Å². The number of amides is 2. The summed E-state index contributed by atoms with van der Waals surface area (Å²) in [5.41, 5.74) is 1.24. The van der Waals surface area contributed by atoms with Gasteiger partial charge in [0.05, 0.1) is 4.48 Å². The molecule has 2 amide bonds. The molecule has 27 heavy (non-hydrogen) atoms. The molecule has 1 fully saturated rings. The van der Waals surface area contributed by atoms with E-state index in [-0.39, 0.29) is 23.3 Å². The molecule has 4 nitrogen and oxygen atoms in total. The highest BCUT2D eigenvalue weighted by atomic mass is 79.9. The highest BCUT2D eigenvalue weighted by molar-refractivity contribution is 9.15. The van der Waals surface area contributed by atoms with Crippen molar-refractivity contribution in [2.24, 2.45) is 0 Å². The zero-order valence-corrected chi connectivity index (χ0v) is 16.3. The van der Waals surface area contributed by atoms with Crippen molar-refractivity contribution >= 4 is 32.2 Å². The van der Waals surface area contributed by atoms with Crippen molar-refractivity contribution in [3.8, 4) is 0 Å². The number of rotatable bonds is 4. The predicted molar refractivity (Wildman–Crippen MR) is 107 cm³/mol. The van der Waals surface area contributed by atoms with Gasteiger partial charge in [-0.3, -0.25) is 9.59 Å². The Kier molecular flexibility index (Phi) is 6.40. The van der Waals surface area contributed by atoms with Crippen molar-refractivity contribution in [3.05, 3.63) is 77.2 Å². The van der Waals surface area contributed by atoms with Crippen molar-refractivity contribution < 1.29 is 14.0 Å². The number of carbonyl (C=O) groups is 2. The number of nitrogens with one attached hydrogen (secondary N) is 1. The molecule has 0 saturated carbocycles. The largest absolute Gasteiger partial charge is 0.337 e. The number of likely N-dealkylation sites (tertiary alicyclic amines) is 1. The number of piperidine rings is 1. The third-order valence-electron chi connectivity index (χ3n) is 4.45. The lowest BCUT2D eigenvalue weighted by Gasteiger charge is -2.28. The van der Waals surface area contributed by atoms with Gasteiger partial charge in [0.1, 0.15) is 11.5 Å². The quantitative estimate of drug-likeness (QED) is 0.733. The van der Waals surface area contributed by atoms with Crippen LogP contribution in [0.25, 0.3) is 4.48 Å². The molecule has 0 spiro atoms. The lowest BCUT2D eigenvalue weighted by atomic mass is 10.1. The maximum absolute atomic E-state index is 13.3. The second-order valence-electron chi connectivity index (χ2n) is 6.37. The van der Waals surface area contributed by atoms with Gasteiger partial charge in [-0.1, -0.05) is 30.3 Å². The first kappa shape index (κ1) is 19.3. The summed E-state index contributed by atoms with van der Waals surface area (Å²) in [6.07, 6.45) is 2.98. The van der Waals surface area contributed by atoms with Crippen LogP contribution in [0.4, 0.5) is 4.39 Å². The third-order valence-corrected chi connectivity index (χ3v) is 5.30. The lowest BCUT2D eigenvalue weighted by Crippen LogP contribution is -2.41. The molecule has 1 heterocycles. The summed E-state index contributed by atoms with van der Waals surface area (Å²) in [6.45, 7) is 1.32. The average molecular weight is 431 g/mol. The summed E-state index contributed by atoms with van der Waals surface area (Å²) >= 11 is 3.44. The van der Waals surface area contributed by atoms with E-state index in [0.717, 1.165) is 19.3 Å². The van der Waals surface area contributed by atoms with E-state index in [1.54, 1.807) is 41.3 Å². The first-order valence-corrected chi connectivity index (χ1v) is 9.67. The molecule has 3 rings (SSSR count). The molecule has 0 aliphatic carbocycles. The fraction of sp³-hybridized carbons (Fsp3) is 0.238. The lowest BCUT2D eigenvalue weighted by molar-refractivity contribution is -0.128. The molecule has 0 unspecified atom stereocenters. The van der Waals surface area contributed by atoms with Crippen molar-refractivity contribution in [2.45, 2.75) is 19.3 Å². The molecule has 1 N–H and O–H groups in total. The van der Waals surface area contributed by atoms with Gasteiger partial charge in [-0.25, -0.2) is 4.39 Å². The smallest absolute Gasteiger partial charge is 0.271 e. The van der Waals surface area contributed by atoms with Gasteiger partial charge in [0.15, 0.2) is 0 Å². The number of halogens is 2. The van der Waals surface area contributed by atoms with E-state index in [0.29, 0.717) is 28.7 Å². The van der Waals surface area contributed by atoms with Crippen molar-refractivity contribution in [1.82, 2.24) is 10.2 Å². The minimum absolute atomic E-state index is 0.164. The predicted octanol–water partition coefficient (Wildman–Crippen LogP) is 4.33. The Morgan fingerprint density at radius 2 is 1.52 bits per heavy atom. The van der Waals surface area contributed by atoms with Gasteiger partial charge in [0.25, 0.3) is 11.8 Å². The van der Waals surface area contributed by atoms with Crippen molar-refractivity contribution in [2.75, 3.05) is 13.1 Å². The minimum Gasteiger partial charge on any atom is -0.337 e. The second-order valence-corrected chi connectivity index (χ2v) is 7.16. The molecule has 1 aliphatic rings. The highest BCUT2D eigenvalue weighted by Crippen LogP contribution is 2.26. The van der Waals surface area contributed by atoms with Gasteiger partial charge in [0, 0.05) is 18.7 Å². The van der Waals surface area contributed by atoms with E-state index >= 15 is 0 Å². The molecule has 0 aromatic heterocycles. The SMILES string of the molecule is O=C(N/C(C(=O)N1CCCCC1)=C(\Br)c1ccc(F)cc1)c1ccccc1. The Labute approximate surface area is 166 Å². The normalized spacial score (nSPS) is 15.1. The fourth-order valence-corrected chi connectivity index (χ4v) is 3.51. The van der Waals surface area contributed by atoms with Crippen LogP contribution < -0.4 is 5.32 Å². The molecule has 0 bridgehead atoms. The monoisotopic (exact) mass is 430 g/mol. The summed E-state index contributed by atoms with van der Waals surface area (Å²) in [7, 11) is 0. The van der Waals surface area contributed by atoms with Crippen LogP contribution in [0.2, 0.25) is 0 Å². The molecule has 6 heteroatoms. The highest BCUT2D eigenvalue weighted by Gasteiger charge is 2.25. The molecule has 1 aliphatic heterocycles. The van der Waals surface area contributed by atoms with Gasteiger partial charge in [-0.05, 0) is 65.0 Å². The molecule has 0 atom stereocenters. The van der Waals surface area contributed by atoms with E-state index < -0.39 is 0 Å². The molecular weight excluding hydrogens is 411 g/mol. The molecular formula is C21H20BrFN2O2. The van der Waals surface area contributed by atoms with Crippen LogP contribution in [0.1, 0.15) is 35.2 Å². The van der Waals surface area contributed by atoms with Crippen LogP contribution in [0.3, 0.4) is 0 Å². The Bertz CT molecular complexity index is 844. The Morgan fingerprint density at radius 1 is 0.889 bits per heavy atom. The van der Waals surface area contributed by atoms with E-state index in [1.807, 2.05) is 6.07 Å². The Hall–Kier alpha value is -2.47. The summed E-state index contributed by atoms with van der Waals surface area (Å²) in [4.78, 5) is 27.5. The number of hydrogen-bond acceptors (Lipinski definition) is 2. The summed E-state index contributed by atoms with van der Waals surface area (Å²) in [6, 6.07) is 14.5. The zero-order valence-electron chi connectivity index (χ0n) is 14.8. The van der Waals surface area contributed by atoms with Gasteiger partial charge in [-0.15, -0.1) is 0 Å². The van der Waals surface area contributed by atoms with Crippen LogP contribution >= 0.6 is 15.9 Å². The third kappa shape index (κ3) is 4.83. The Morgan fingerprint density at radius 3 is 2.15 bits per heavy atom. The molecule has 140 valence electrons. The van der Waals surface area contributed by atoms with Gasteiger partial charge < -0.3 is 10.2 Å². The van der Waals surface area contributed by atoms with E-state index in [4.69, 9.17) is 0 Å². The average Bonchev–Trinajstić information content (AvgIpc) is 2.72. The molecule has 0 radical (unpaired) electrons. The van der Waals surface area contributed by atoms with Crippen LogP contribution in [0.15, 0.2) is 60.3 Å². The van der Waals surface area contributed by atoms with Gasteiger partial charge in [-0.2, -0.15) is 0 Å².